The maximum atomic E-state index is 10.7. The van der Waals surface area contributed by atoms with E-state index in [0.717, 1.165) is 76.0 Å². The summed E-state index contributed by atoms with van der Waals surface area (Å²) in [5, 5.41) is 39.5. The summed E-state index contributed by atoms with van der Waals surface area (Å²) >= 11 is 0. The van der Waals surface area contributed by atoms with E-state index >= 15 is 0 Å². The highest BCUT2D eigenvalue weighted by Gasteiger charge is 2.14. The van der Waals surface area contributed by atoms with Crippen molar-refractivity contribution in [3.8, 4) is 22.9 Å². The van der Waals surface area contributed by atoms with Crippen molar-refractivity contribution in [2.24, 2.45) is 0 Å². The summed E-state index contributed by atoms with van der Waals surface area (Å²) in [7, 11) is 4.57. The molecule has 0 unspecified atom stereocenters. The second-order valence-corrected chi connectivity index (χ2v) is 10.4. The molecule has 0 bridgehead atoms. The Morgan fingerprint density at radius 2 is 0.951 bits per heavy atom. The number of nitrogens with zero attached hydrogens (tertiary/aromatic N) is 6. The van der Waals surface area contributed by atoms with Crippen LogP contribution in [0.15, 0.2) is 72.8 Å². The molecule has 0 amide bonds. The van der Waals surface area contributed by atoms with Crippen molar-refractivity contribution in [1.29, 1.82) is 0 Å². The minimum atomic E-state index is 0.204. The van der Waals surface area contributed by atoms with E-state index in [1.54, 1.807) is 0 Å². The van der Waals surface area contributed by atoms with E-state index in [1.807, 2.05) is 86.6 Å². The Labute approximate surface area is 240 Å². The number of phenols is 2. The molecule has 4 aromatic carbocycles. The Morgan fingerprint density at radius 1 is 0.585 bits per heavy atom. The second-order valence-electron chi connectivity index (χ2n) is 10.4. The lowest BCUT2D eigenvalue weighted by Crippen LogP contribution is -2.04. The first-order valence-corrected chi connectivity index (χ1v) is 13.9. The van der Waals surface area contributed by atoms with Gasteiger partial charge in [-0.05, 0) is 85.3 Å². The highest BCUT2D eigenvalue weighted by molar-refractivity contribution is 6.55. The monoisotopic (exact) mass is 540 g/mol. The average molecular weight is 540 g/mol. The number of phenolic OH excluding ortho intramolecular Hbond substituents is 2. The van der Waals surface area contributed by atoms with Crippen molar-refractivity contribution in [2.75, 3.05) is 0 Å². The Hall–Kier alpha value is -4.59. The van der Waals surface area contributed by atoms with Gasteiger partial charge in [0.25, 0.3) is 0 Å². The van der Waals surface area contributed by atoms with E-state index in [9.17, 15) is 10.2 Å². The Morgan fingerprint density at radius 3 is 1.32 bits per heavy atom. The van der Waals surface area contributed by atoms with Crippen LogP contribution in [0.4, 0.5) is 0 Å². The van der Waals surface area contributed by atoms with Crippen molar-refractivity contribution >= 4 is 36.6 Å². The first-order valence-electron chi connectivity index (χ1n) is 13.9. The molecule has 0 aliphatic heterocycles. The molecule has 0 fully saturated rings. The number of fused-ring (bicyclic) bond motifs is 2. The van der Waals surface area contributed by atoms with Gasteiger partial charge in [-0.15, -0.1) is 36.2 Å². The molecule has 0 atom stereocenters. The molecule has 6 rings (SSSR count). The molecule has 2 N–H and O–H groups in total. The van der Waals surface area contributed by atoms with Gasteiger partial charge in [0, 0.05) is 0 Å². The van der Waals surface area contributed by atoms with Gasteiger partial charge < -0.3 is 10.2 Å². The summed E-state index contributed by atoms with van der Waals surface area (Å²) in [6.45, 7) is 3.81. The van der Waals surface area contributed by atoms with Crippen molar-refractivity contribution < 1.29 is 10.2 Å². The number of hydrogen-bond donors (Lipinski definition) is 2. The van der Waals surface area contributed by atoms with Crippen LogP contribution in [0.1, 0.15) is 22.3 Å². The van der Waals surface area contributed by atoms with Crippen LogP contribution in [-0.4, -0.2) is 54.8 Å². The van der Waals surface area contributed by atoms with E-state index in [2.05, 4.69) is 35.0 Å². The summed E-state index contributed by atoms with van der Waals surface area (Å²) in [6.07, 6.45) is 4.50. The molecule has 10 heteroatoms. The molecular formula is C31H30B2N6O2. The van der Waals surface area contributed by atoms with Crippen LogP contribution in [0.5, 0.6) is 11.5 Å². The summed E-state index contributed by atoms with van der Waals surface area (Å²) in [5.41, 5.74) is 8.29. The van der Waals surface area contributed by atoms with Crippen LogP contribution < -0.4 is 0 Å². The standard InChI is InChI=1S/C31H30B2N6O2/c1-20-15-22(17-28(30(20)40)38-34-24-7-3-4-8-25(24)35-38)11-13-32-19-33-14-12-23-16-21(2)31(41)29(18-23)39-36-26-9-5-6-10-27(26)37-39/h3-10,15-18,40-41H,11-14,19H2,1-2H3. The molecule has 6 aromatic rings. The summed E-state index contributed by atoms with van der Waals surface area (Å²) < 4.78 is 0. The predicted molar refractivity (Wildman–Crippen MR) is 164 cm³/mol. The lowest BCUT2D eigenvalue weighted by molar-refractivity contribution is 0.463. The molecule has 41 heavy (non-hydrogen) atoms. The van der Waals surface area contributed by atoms with Crippen molar-refractivity contribution in [1.82, 2.24) is 30.0 Å². The Balaban J connectivity index is 1.02. The largest absolute Gasteiger partial charge is 0.505 e. The summed E-state index contributed by atoms with van der Waals surface area (Å²) in [5.74, 6) is 0.409. The second kappa shape index (κ2) is 11.5. The fourth-order valence-electron chi connectivity index (χ4n) is 5.09. The zero-order chi connectivity index (χ0) is 28.3. The lowest BCUT2D eigenvalue weighted by atomic mass is 9.51. The van der Waals surface area contributed by atoms with E-state index in [1.165, 1.54) is 9.59 Å². The molecule has 0 aliphatic carbocycles. The van der Waals surface area contributed by atoms with Gasteiger partial charge in [0.1, 0.15) is 59.5 Å². The van der Waals surface area contributed by atoms with E-state index < -0.39 is 0 Å². The molecule has 0 saturated carbocycles. The Bertz CT molecular complexity index is 1650. The number of hydrogen-bond acceptors (Lipinski definition) is 6. The topological polar surface area (TPSA) is 102 Å². The van der Waals surface area contributed by atoms with Gasteiger partial charge in [-0.2, -0.15) is 0 Å². The molecule has 0 aliphatic rings. The molecule has 2 heterocycles. The van der Waals surface area contributed by atoms with Gasteiger partial charge in [0.05, 0.1) is 0 Å². The lowest BCUT2D eigenvalue weighted by Gasteiger charge is -2.10. The van der Waals surface area contributed by atoms with Gasteiger partial charge in [-0.1, -0.05) is 49.0 Å². The Kier molecular flexibility index (Phi) is 7.46. The number of rotatable bonds is 10. The molecule has 8 nitrogen and oxygen atoms in total. The van der Waals surface area contributed by atoms with Crippen molar-refractivity contribution in [3.63, 3.8) is 0 Å². The first-order chi connectivity index (χ1) is 20.0. The molecule has 0 saturated heterocycles. The van der Waals surface area contributed by atoms with Crippen molar-refractivity contribution in [3.05, 3.63) is 95.1 Å². The normalized spacial score (nSPS) is 11.4. The number of aromatic hydroxyl groups is 2. The van der Waals surface area contributed by atoms with Crippen LogP contribution in [0.2, 0.25) is 18.9 Å². The molecule has 2 radical (unpaired) electrons. The zero-order valence-corrected chi connectivity index (χ0v) is 23.2. The van der Waals surface area contributed by atoms with Crippen LogP contribution >= 0.6 is 0 Å². The maximum Gasteiger partial charge on any atom is 0.146 e. The SMILES string of the molecule is Cc1cc(CC[B]C[B]CCc2cc(C)c(O)c(-n3nc4ccccc4n3)c2)cc(-n2nc3ccccc3n2)c1O. The zero-order valence-electron chi connectivity index (χ0n) is 23.2. The number of benzene rings is 4. The fourth-order valence-corrected chi connectivity index (χ4v) is 5.09. The van der Waals surface area contributed by atoms with E-state index in [-0.39, 0.29) is 11.5 Å². The van der Waals surface area contributed by atoms with Crippen LogP contribution in [-0.2, 0) is 12.8 Å². The molecule has 202 valence electrons. The minimum absolute atomic E-state index is 0.204. The quantitative estimate of drug-likeness (QED) is 0.174. The average Bonchev–Trinajstić information content (AvgIpc) is 3.60. The van der Waals surface area contributed by atoms with Gasteiger partial charge in [-0.25, -0.2) is 0 Å². The van der Waals surface area contributed by atoms with Crippen molar-refractivity contribution in [2.45, 2.75) is 45.5 Å². The highest BCUT2D eigenvalue weighted by atomic mass is 16.3. The van der Waals surface area contributed by atoms with Gasteiger partial charge in [0.15, 0.2) is 0 Å². The third-order valence-electron chi connectivity index (χ3n) is 7.29. The third-order valence-corrected chi connectivity index (χ3v) is 7.29. The minimum Gasteiger partial charge on any atom is -0.505 e. The van der Waals surface area contributed by atoms with E-state index in [4.69, 9.17) is 0 Å². The predicted octanol–water partition coefficient (Wildman–Crippen LogP) is 5.59. The smallest absolute Gasteiger partial charge is 0.146 e. The van der Waals surface area contributed by atoms with E-state index in [0.29, 0.717) is 11.4 Å². The van der Waals surface area contributed by atoms with Gasteiger partial charge in [0.2, 0.25) is 0 Å². The molecule has 2 aromatic heterocycles. The number of aryl methyl sites for hydroxylation is 4. The third kappa shape index (κ3) is 5.68. The maximum absolute atomic E-state index is 10.7. The highest BCUT2D eigenvalue weighted by Crippen LogP contribution is 2.29. The first kappa shape index (κ1) is 26.6. The van der Waals surface area contributed by atoms with Gasteiger partial charge in [-0.3, -0.25) is 0 Å². The van der Waals surface area contributed by atoms with Gasteiger partial charge >= 0.3 is 0 Å². The number of aromatic nitrogens is 6. The summed E-state index contributed by atoms with van der Waals surface area (Å²) in [6, 6.07) is 23.4. The van der Waals surface area contributed by atoms with Crippen LogP contribution in [0, 0.1) is 13.8 Å². The van der Waals surface area contributed by atoms with Crippen LogP contribution in [0.25, 0.3) is 33.4 Å². The molecule has 0 spiro atoms. The summed E-state index contributed by atoms with van der Waals surface area (Å²) in [4.78, 5) is 3.05. The van der Waals surface area contributed by atoms with Crippen LogP contribution in [0.3, 0.4) is 0 Å². The molecular weight excluding hydrogens is 510 g/mol. The fraction of sp³-hybridized carbons (Fsp3) is 0.226.